The Morgan fingerprint density at radius 1 is 1.44 bits per heavy atom. The van der Waals surface area contributed by atoms with E-state index in [0.29, 0.717) is 12.5 Å². The van der Waals surface area contributed by atoms with E-state index >= 15 is 0 Å². The Kier molecular flexibility index (Phi) is 5.67. The molecule has 0 aromatic heterocycles. The van der Waals surface area contributed by atoms with Crippen molar-refractivity contribution in [2.24, 2.45) is 10.7 Å². The number of nitrogens with one attached hydrogen (secondary N) is 1. The molecule has 0 unspecified atom stereocenters. The van der Waals surface area contributed by atoms with E-state index in [9.17, 15) is 4.79 Å². The summed E-state index contributed by atoms with van der Waals surface area (Å²) in [6.45, 7) is 2.59. The van der Waals surface area contributed by atoms with Crippen LogP contribution in [0.15, 0.2) is 4.99 Å². The first-order chi connectivity index (χ1) is 7.72. The highest BCUT2D eigenvalue weighted by Crippen LogP contribution is 2.20. The summed E-state index contributed by atoms with van der Waals surface area (Å²) < 4.78 is 5.31. The van der Waals surface area contributed by atoms with Crippen molar-refractivity contribution in [1.29, 1.82) is 0 Å². The molecule has 0 radical (unpaired) electrons. The van der Waals surface area contributed by atoms with Crippen molar-refractivity contribution in [1.82, 2.24) is 5.32 Å². The summed E-state index contributed by atoms with van der Waals surface area (Å²) in [6.07, 6.45) is 5.65. The minimum absolute atomic E-state index is 0.103. The largest absolute Gasteiger partial charge is 0.461 e. The molecule has 0 aliphatic heterocycles. The number of nitrogens with zero attached hydrogens (tertiary/aromatic N) is 1. The highest BCUT2D eigenvalue weighted by atomic mass is 16.5. The fraction of sp³-hybridized carbons (Fsp3) is 0.818. The van der Waals surface area contributed by atoms with Crippen LogP contribution in [-0.2, 0) is 9.53 Å². The smallest absolute Gasteiger partial charge is 0.325 e. The molecule has 0 amide bonds. The molecule has 3 N–H and O–H groups in total. The third kappa shape index (κ3) is 5.00. The van der Waals surface area contributed by atoms with Crippen molar-refractivity contribution in [2.45, 2.75) is 45.1 Å². The van der Waals surface area contributed by atoms with E-state index in [2.05, 4.69) is 10.3 Å². The van der Waals surface area contributed by atoms with Crippen LogP contribution >= 0.6 is 0 Å². The van der Waals surface area contributed by atoms with Crippen molar-refractivity contribution in [2.75, 3.05) is 13.1 Å². The third-order valence-electron chi connectivity index (χ3n) is 2.59. The Bertz CT molecular complexity index is 248. The van der Waals surface area contributed by atoms with Crippen LogP contribution in [0.25, 0.3) is 0 Å². The van der Waals surface area contributed by atoms with Crippen LogP contribution in [0.1, 0.15) is 39.0 Å². The van der Waals surface area contributed by atoms with Gasteiger partial charge in [-0.3, -0.25) is 9.79 Å². The Labute approximate surface area is 96.4 Å². The van der Waals surface area contributed by atoms with Gasteiger partial charge in [-0.05, 0) is 32.6 Å². The van der Waals surface area contributed by atoms with Crippen LogP contribution in [0, 0.1) is 0 Å². The molecule has 1 saturated carbocycles. The molecule has 16 heavy (non-hydrogen) atoms. The summed E-state index contributed by atoms with van der Waals surface area (Å²) in [5, 5.41) is 2.73. The molecule has 0 saturated heterocycles. The second-order valence-corrected chi connectivity index (χ2v) is 3.96. The minimum atomic E-state index is -0.249. The van der Waals surface area contributed by atoms with Crippen molar-refractivity contribution in [3.63, 3.8) is 0 Å². The molecule has 1 rings (SSSR count). The number of hydrogen-bond donors (Lipinski definition) is 2. The number of esters is 1. The summed E-state index contributed by atoms with van der Waals surface area (Å²) in [6, 6.07) is 0. The monoisotopic (exact) mass is 227 g/mol. The normalized spacial score (nSPS) is 18.2. The lowest BCUT2D eigenvalue weighted by Gasteiger charge is -2.21. The van der Waals surface area contributed by atoms with E-state index in [4.69, 9.17) is 10.5 Å². The molecule has 0 spiro atoms. The molecule has 5 nitrogen and oxygen atoms in total. The zero-order chi connectivity index (χ0) is 11.8. The lowest BCUT2D eigenvalue weighted by atomic mass is 9.98. The maximum atomic E-state index is 11.4. The number of aliphatic imine (C=N–C) groups is 1. The van der Waals surface area contributed by atoms with Gasteiger partial charge in [0.05, 0.1) is 0 Å². The first kappa shape index (κ1) is 12.8. The summed E-state index contributed by atoms with van der Waals surface area (Å²) in [4.78, 5) is 15.3. The van der Waals surface area contributed by atoms with E-state index in [0.717, 1.165) is 25.7 Å². The second kappa shape index (κ2) is 7.09. The highest BCUT2D eigenvalue weighted by Gasteiger charge is 2.17. The number of ether oxygens (including phenoxy) is 1. The number of guanidine groups is 1. The molecular weight excluding hydrogens is 206 g/mol. The maximum absolute atomic E-state index is 11.4. The van der Waals surface area contributed by atoms with Crippen molar-refractivity contribution < 1.29 is 9.53 Å². The fourth-order valence-electron chi connectivity index (χ4n) is 1.80. The lowest BCUT2D eigenvalue weighted by molar-refractivity contribution is -0.149. The number of carbonyl (C=O) groups is 1. The van der Waals surface area contributed by atoms with E-state index < -0.39 is 0 Å². The Morgan fingerprint density at radius 2 is 2.12 bits per heavy atom. The van der Waals surface area contributed by atoms with Gasteiger partial charge in [-0.25, -0.2) is 0 Å². The van der Waals surface area contributed by atoms with Crippen LogP contribution in [-0.4, -0.2) is 31.1 Å². The summed E-state index contributed by atoms with van der Waals surface area (Å²) >= 11 is 0. The molecular formula is C11H21N3O2. The van der Waals surface area contributed by atoms with Gasteiger partial charge in [0.1, 0.15) is 12.6 Å². The van der Waals surface area contributed by atoms with Gasteiger partial charge in [-0.2, -0.15) is 0 Å². The molecule has 0 atom stereocenters. The van der Waals surface area contributed by atoms with Crippen molar-refractivity contribution in [3.05, 3.63) is 0 Å². The first-order valence-corrected chi connectivity index (χ1v) is 5.95. The van der Waals surface area contributed by atoms with Gasteiger partial charge >= 0.3 is 5.97 Å². The van der Waals surface area contributed by atoms with Gasteiger partial charge in [0.15, 0.2) is 5.96 Å². The van der Waals surface area contributed by atoms with Crippen LogP contribution < -0.4 is 11.1 Å². The second-order valence-electron chi connectivity index (χ2n) is 3.96. The molecule has 1 fully saturated rings. The fourth-order valence-corrected chi connectivity index (χ4v) is 1.80. The minimum Gasteiger partial charge on any atom is -0.461 e. The van der Waals surface area contributed by atoms with Gasteiger partial charge in [0.2, 0.25) is 0 Å². The topological polar surface area (TPSA) is 76.7 Å². The van der Waals surface area contributed by atoms with E-state index in [1.54, 1.807) is 0 Å². The zero-order valence-corrected chi connectivity index (χ0v) is 9.87. The Balaban J connectivity index is 2.17. The van der Waals surface area contributed by atoms with Gasteiger partial charge in [-0.1, -0.05) is 6.42 Å². The van der Waals surface area contributed by atoms with E-state index in [1.165, 1.54) is 6.42 Å². The van der Waals surface area contributed by atoms with E-state index in [-0.39, 0.29) is 18.6 Å². The SMILES string of the molecule is CCN=C(N)NCC(=O)OC1CCCCC1. The standard InChI is InChI=1S/C11H21N3O2/c1-2-13-11(12)14-8-10(15)16-9-6-4-3-5-7-9/h9H,2-8H2,1H3,(H3,12,13,14). The van der Waals surface area contributed by atoms with Crippen molar-refractivity contribution >= 4 is 11.9 Å². The summed E-state index contributed by atoms with van der Waals surface area (Å²) in [5.41, 5.74) is 5.50. The average molecular weight is 227 g/mol. The molecule has 0 aromatic rings. The number of carbonyl (C=O) groups excluding carboxylic acids is 1. The van der Waals surface area contributed by atoms with Crippen LogP contribution in [0.5, 0.6) is 0 Å². The van der Waals surface area contributed by atoms with Crippen molar-refractivity contribution in [3.8, 4) is 0 Å². The average Bonchev–Trinajstić information content (AvgIpc) is 2.28. The zero-order valence-electron chi connectivity index (χ0n) is 9.87. The lowest BCUT2D eigenvalue weighted by Crippen LogP contribution is -2.37. The van der Waals surface area contributed by atoms with Gasteiger partial charge in [-0.15, -0.1) is 0 Å². The Hall–Kier alpha value is -1.26. The van der Waals surface area contributed by atoms with Gasteiger partial charge < -0.3 is 15.8 Å². The molecule has 5 heteroatoms. The number of hydrogen-bond acceptors (Lipinski definition) is 3. The van der Waals surface area contributed by atoms with Crippen LogP contribution in [0.4, 0.5) is 0 Å². The molecule has 92 valence electrons. The molecule has 0 bridgehead atoms. The highest BCUT2D eigenvalue weighted by molar-refractivity contribution is 5.83. The predicted octanol–water partition coefficient (Wildman–Crippen LogP) is 0.786. The number of rotatable bonds is 4. The van der Waals surface area contributed by atoms with Crippen LogP contribution in [0.2, 0.25) is 0 Å². The van der Waals surface area contributed by atoms with Gasteiger partial charge in [0, 0.05) is 6.54 Å². The van der Waals surface area contributed by atoms with Gasteiger partial charge in [0.25, 0.3) is 0 Å². The summed E-state index contributed by atoms with van der Waals surface area (Å²) in [7, 11) is 0. The first-order valence-electron chi connectivity index (χ1n) is 5.95. The number of nitrogens with two attached hydrogens (primary N) is 1. The molecule has 0 aromatic carbocycles. The predicted molar refractivity (Wildman–Crippen MR) is 63.1 cm³/mol. The molecule has 0 heterocycles. The maximum Gasteiger partial charge on any atom is 0.325 e. The van der Waals surface area contributed by atoms with Crippen LogP contribution in [0.3, 0.4) is 0 Å². The molecule has 1 aliphatic carbocycles. The molecule has 1 aliphatic rings. The summed E-state index contributed by atoms with van der Waals surface area (Å²) in [5.74, 6) is 0.0456. The quantitative estimate of drug-likeness (QED) is 0.423. The Morgan fingerprint density at radius 3 is 2.75 bits per heavy atom. The third-order valence-corrected chi connectivity index (χ3v) is 2.59. The van der Waals surface area contributed by atoms with E-state index in [1.807, 2.05) is 6.92 Å².